The number of hydrogen-bond acceptors (Lipinski definition) is 8. The lowest BCUT2D eigenvalue weighted by Gasteiger charge is -2.34. The van der Waals surface area contributed by atoms with Gasteiger partial charge in [-0.05, 0) is 44.8 Å². The van der Waals surface area contributed by atoms with E-state index in [-0.39, 0.29) is 29.5 Å². The van der Waals surface area contributed by atoms with Crippen molar-refractivity contribution in [2.75, 3.05) is 43.9 Å². The molecule has 9 nitrogen and oxygen atoms in total. The highest BCUT2D eigenvalue weighted by atomic mass is 35.5. The maximum Gasteiger partial charge on any atom is 0.387 e. The summed E-state index contributed by atoms with van der Waals surface area (Å²) in [6, 6.07) is 6.24. The first kappa shape index (κ1) is 26.0. The number of alkyl halides is 2. The Hall–Kier alpha value is -3.64. The van der Waals surface area contributed by atoms with Crippen molar-refractivity contribution < 1.29 is 22.7 Å². The van der Waals surface area contributed by atoms with E-state index in [0.29, 0.717) is 36.5 Å². The first-order valence-corrected chi connectivity index (χ1v) is 12.3. The van der Waals surface area contributed by atoms with E-state index in [1.54, 1.807) is 12.1 Å². The Morgan fingerprint density at radius 2 is 2.05 bits per heavy atom. The molecule has 2 aromatic heterocycles. The Labute approximate surface area is 221 Å². The number of carbonyl (C=O) groups excluding carboxylic acids is 1. The summed E-state index contributed by atoms with van der Waals surface area (Å²) >= 11 is 5.89. The van der Waals surface area contributed by atoms with Crippen LogP contribution in [0.5, 0.6) is 5.75 Å². The zero-order valence-electron chi connectivity index (χ0n) is 20.6. The maximum atomic E-state index is 14.8. The third-order valence-corrected chi connectivity index (χ3v) is 6.88. The van der Waals surface area contributed by atoms with Gasteiger partial charge in [0.15, 0.2) is 11.6 Å². The van der Waals surface area contributed by atoms with Crippen LogP contribution in [0, 0.1) is 5.82 Å². The van der Waals surface area contributed by atoms with Gasteiger partial charge in [-0.15, -0.1) is 0 Å². The van der Waals surface area contributed by atoms with Gasteiger partial charge in [0.25, 0.3) is 0 Å². The Morgan fingerprint density at radius 3 is 2.76 bits per heavy atom. The number of carbonyl (C=O) groups is 1. The van der Waals surface area contributed by atoms with Crippen molar-refractivity contribution in [3.05, 3.63) is 53.6 Å². The summed E-state index contributed by atoms with van der Waals surface area (Å²) in [5.74, 6) is -0.508. The molecule has 200 valence electrons. The summed E-state index contributed by atoms with van der Waals surface area (Å²) < 4.78 is 44.1. The normalized spacial score (nSPS) is 18.9. The molecule has 38 heavy (non-hydrogen) atoms. The number of amides is 1. The summed E-state index contributed by atoms with van der Waals surface area (Å²) in [6.07, 6.45) is 5.65. The standard InChI is InChI=1S/C25H25ClF3N7O2/c1-34(2)9-3-4-20(37)36-12-14-10-15(36)11-35(14)19-8-6-17-23(33-19)24(31-13-30-17)32-16-5-7-18(38-25(28)29)21(26)22(16)27/h3-8,13-15,25H,9-12H2,1-2H3,(H,30,31,32)/b4-3+/t14-,15-/m0/s1. The minimum Gasteiger partial charge on any atom is -0.433 e. The Bertz CT molecular complexity index is 1390. The average molecular weight is 548 g/mol. The minimum absolute atomic E-state index is 0.0102. The van der Waals surface area contributed by atoms with Crippen molar-refractivity contribution in [3.63, 3.8) is 0 Å². The van der Waals surface area contributed by atoms with Crippen LogP contribution in [-0.4, -0.2) is 83.1 Å². The predicted molar refractivity (Wildman–Crippen MR) is 138 cm³/mol. The van der Waals surface area contributed by atoms with Crippen molar-refractivity contribution in [2.24, 2.45) is 0 Å². The number of anilines is 3. The number of rotatable bonds is 8. The lowest BCUT2D eigenvalue weighted by Crippen LogP contribution is -2.48. The van der Waals surface area contributed by atoms with Crippen LogP contribution < -0.4 is 15.0 Å². The molecule has 0 unspecified atom stereocenters. The Morgan fingerprint density at radius 1 is 1.24 bits per heavy atom. The van der Waals surface area contributed by atoms with E-state index in [1.165, 1.54) is 12.4 Å². The SMILES string of the molecule is CN(C)C/C=C/C(=O)N1C[C@@H]2C[C@H]1CN2c1ccc2ncnc(Nc3ccc(OC(F)F)c(Cl)c3F)c2n1. The van der Waals surface area contributed by atoms with Gasteiger partial charge >= 0.3 is 6.61 Å². The van der Waals surface area contributed by atoms with Crippen molar-refractivity contribution in [2.45, 2.75) is 25.1 Å². The lowest BCUT2D eigenvalue weighted by atomic mass is 10.2. The minimum atomic E-state index is -3.13. The van der Waals surface area contributed by atoms with E-state index >= 15 is 0 Å². The Balaban J connectivity index is 1.35. The van der Waals surface area contributed by atoms with Crippen molar-refractivity contribution in [1.82, 2.24) is 24.8 Å². The van der Waals surface area contributed by atoms with Crippen LogP contribution in [0.25, 0.3) is 11.0 Å². The number of likely N-dealkylation sites (N-methyl/N-ethyl adjacent to an activating group) is 1. The number of pyridine rings is 1. The molecule has 2 saturated heterocycles. The number of fused-ring (bicyclic) bond motifs is 3. The van der Waals surface area contributed by atoms with Crippen molar-refractivity contribution in [3.8, 4) is 5.75 Å². The monoisotopic (exact) mass is 547 g/mol. The number of nitrogens with zero attached hydrogens (tertiary/aromatic N) is 6. The Kier molecular flexibility index (Phi) is 7.26. The molecule has 0 aliphatic carbocycles. The lowest BCUT2D eigenvalue weighted by molar-refractivity contribution is -0.127. The molecular weight excluding hydrogens is 523 g/mol. The highest BCUT2D eigenvalue weighted by molar-refractivity contribution is 6.32. The zero-order valence-corrected chi connectivity index (χ0v) is 21.4. The fraction of sp³-hybridized carbons (Fsp3) is 0.360. The van der Waals surface area contributed by atoms with Gasteiger partial charge in [0.1, 0.15) is 28.4 Å². The summed E-state index contributed by atoms with van der Waals surface area (Å²) in [5.41, 5.74) is 0.846. The van der Waals surface area contributed by atoms with Crippen LogP contribution in [0.1, 0.15) is 6.42 Å². The molecule has 5 rings (SSSR count). The molecule has 2 bridgehead atoms. The van der Waals surface area contributed by atoms with Gasteiger partial charge in [0.05, 0.1) is 23.3 Å². The smallest absolute Gasteiger partial charge is 0.387 e. The van der Waals surface area contributed by atoms with E-state index in [2.05, 4.69) is 24.9 Å². The molecular formula is C25H25ClF3N7O2. The van der Waals surface area contributed by atoms with Crippen LogP contribution >= 0.6 is 11.6 Å². The second-order valence-corrected chi connectivity index (χ2v) is 9.73. The second kappa shape index (κ2) is 10.6. The molecule has 2 atom stereocenters. The van der Waals surface area contributed by atoms with E-state index in [4.69, 9.17) is 16.6 Å². The average Bonchev–Trinajstić information content (AvgIpc) is 3.49. The number of benzene rings is 1. The summed E-state index contributed by atoms with van der Waals surface area (Å²) in [7, 11) is 3.89. The molecule has 4 heterocycles. The summed E-state index contributed by atoms with van der Waals surface area (Å²) in [4.78, 5) is 31.9. The number of hydrogen-bond donors (Lipinski definition) is 1. The van der Waals surface area contributed by atoms with E-state index in [9.17, 15) is 18.0 Å². The molecule has 1 aromatic carbocycles. The van der Waals surface area contributed by atoms with Gasteiger partial charge in [0, 0.05) is 25.7 Å². The van der Waals surface area contributed by atoms with Gasteiger partial charge in [-0.1, -0.05) is 17.7 Å². The van der Waals surface area contributed by atoms with Crippen LogP contribution in [-0.2, 0) is 4.79 Å². The third kappa shape index (κ3) is 5.18. The molecule has 2 aliphatic heterocycles. The third-order valence-electron chi connectivity index (χ3n) is 6.53. The number of halogens is 4. The van der Waals surface area contributed by atoms with E-state index in [1.807, 2.05) is 36.0 Å². The van der Waals surface area contributed by atoms with E-state index < -0.39 is 23.2 Å². The number of aromatic nitrogens is 3. The van der Waals surface area contributed by atoms with Gasteiger partial charge in [-0.25, -0.2) is 19.3 Å². The molecule has 0 spiro atoms. The number of nitrogens with one attached hydrogen (secondary N) is 1. The fourth-order valence-electron chi connectivity index (χ4n) is 4.80. The highest BCUT2D eigenvalue weighted by Crippen LogP contribution is 2.37. The topological polar surface area (TPSA) is 86.7 Å². The molecule has 2 fully saturated rings. The number of piperazine rings is 1. The molecule has 1 amide bonds. The maximum absolute atomic E-state index is 14.8. The molecule has 1 N–H and O–H groups in total. The predicted octanol–water partition coefficient (Wildman–Crippen LogP) is 4.07. The van der Waals surface area contributed by atoms with Gasteiger partial charge < -0.3 is 24.8 Å². The quantitative estimate of drug-likeness (QED) is 0.422. The summed E-state index contributed by atoms with van der Waals surface area (Å²) in [5, 5.41) is 2.26. The van der Waals surface area contributed by atoms with Crippen molar-refractivity contribution in [1.29, 1.82) is 0 Å². The molecule has 0 saturated carbocycles. The highest BCUT2D eigenvalue weighted by Gasteiger charge is 2.45. The first-order chi connectivity index (χ1) is 18.2. The molecule has 3 aromatic rings. The largest absolute Gasteiger partial charge is 0.433 e. The molecule has 13 heteroatoms. The van der Waals surface area contributed by atoms with Crippen molar-refractivity contribution >= 4 is 45.9 Å². The number of likely N-dealkylation sites (tertiary alicyclic amines) is 1. The van der Waals surface area contributed by atoms with Crippen LogP contribution in [0.4, 0.5) is 30.5 Å². The zero-order chi connectivity index (χ0) is 27.0. The number of ether oxygens (including phenoxy) is 1. The van der Waals surface area contributed by atoms with Crippen LogP contribution in [0.3, 0.4) is 0 Å². The van der Waals surface area contributed by atoms with Gasteiger partial charge in [0.2, 0.25) is 5.91 Å². The second-order valence-electron chi connectivity index (χ2n) is 9.35. The summed E-state index contributed by atoms with van der Waals surface area (Å²) in [6.45, 7) is -1.20. The van der Waals surface area contributed by atoms with E-state index in [0.717, 1.165) is 12.5 Å². The molecule has 0 radical (unpaired) electrons. The van der Waals surface area contributed by atoms with Crippen LogP contribution in [0.2, 0.25) is 5.02 Å². The van der Waals surface area contributed by atoms with Gasteiger partial charge in [-0.3, -0.25) is 4.79 Å². The fourth-order valence-corrected chi connectivity index (χ4v) is 5.01. The molecule has 2 aliphatic rings. The van der Waals surface area contributed by atoms with Crippen LogP contribution in [0.15, 0.2) is 42.7 Å². The first-order valence-electron chi connectivity index (χ1n) is 11.9. The van der Waals surface area contributed by atoms with Gasteiger partial charge in [-0.2, -0.15) is 8.78 Å².